The third-order valence-electron chi connectivity index (χ3n) is 9.67. The van der Waals surface area contributed by atoms with Gasteiger partial charge >= 0.3 is 0 Å². The first-order valence-corrected chi connectivity index (χ1v) is 16.0. The summed E-state index contributed by atoms with van der Waals surface area (Å²) < 4.78 is 0. The van der Waals surface area contributed by atoms with Gasteiger partial charge in [0.2, 0.25) is 5.96 Å². The normalized spacial score (nSPS) is 22.1. The molecule has 0 aromatic heterocycles. The molecule has 9 nitrogen and oxygen atoms in total. The number of nitrogens with zero attached hydrogens (tertiary/aromatic N) is 9. The molecule has 0 unspecified atom stereocenters. The summed E-state index contributed by atoms with van der Waals surface area (Å²) in [6, 6.07) is 13.5. The van der Waals surface area contributed by atoms with Crippen molar-refractivity contribution in [2.75, 3.05) is 133 Å². The Morgan fingerprint density at radius 3 is 1.36 bits per heavy atom. The van der Waals surface area contributed by atoms with E-state index in [2.05, 4.69) is 110 Å². The summed E-state index contributed by atoms with van der Waals surface area (Å²) in [7, 11) is 8.93. The molecule has 2 aromatic carbocycles. The molecule has 0 bridgehead atoms. The van der Waals surface area contributed by atoms with Crippen molar-refractivity contribution in [1.82, 2.24) is 39.2 Å². The highest BCUT2D eigenvalue weighted by Crippen LogP contribution is 2.32. The fraction of sp³-hybridized carbons (Fsp3) is 0.606. The fourth-order valence-corrected chi connectivity index (χ4v) is 6.58. The number of guanidine groups is 1. The van der Waals surface area contributed by atoms with Crippen molar-refractivity contribution < 1.29 is 0 Å². The largest absolute Gasteiger partial charge is 0.356 e. The number of hydrogen-bond acceptors (Lipinski definition) is 7. The predicted molar refractivity (Wildman–Crippen MR) is 175 cm³/mol. The van der Waals surface area contributed by atoms with E-state index in [0.29, 0.717) is 0 Å². The minimum Gasteiger partial charge on any atom is -0.356 e. The van der Waals surface area contributed by atoms with Crippen molar-refractivity contribution in [2.24, 2.45) is 4.99 Å². The van der Waals surface area contributed by atoms with Crippen molar-refractivity contribution in [1.29, 1.82) is 0 Å². The van der Waals surface area contributed by atoms with Crippen molar-refractivity contribution >= 4 is 28.5 Å². The van der Waals surface area contributed by atoms with E-state index in [1.54, 1.807) is 0 Å². The lowest BCUT2D eigenvalue weighted by Gasteiger charge is -2.43. The number of rotatable bonds is 4. The highest BCUT2D eigenvalue weighted by Gasteiger charge is 2.26. The van der Waals surface area contributed by atoms with Crippen LogP contribution in [0, 0.1) is 0 Å². The van der Waals surface area contributed by atoms with Crippen LogP contribution < -0.4 is 0 Å². The molecule has 4 heterocycles. The molecule has 4 aliphatic heterocycles. The Labute approximate surface area is 253 Å². The molecular formula is C33H51N9. The predicted octanol–water partition coefficient (Wildman–Crippen LogP) is 2.12. The zero-order valence-electron chi connectivity index (χ0n) is 26.4. The summed E-state index contributed by atoms with van der Waals surface area (Å²) in [5.74, 6) is 2.54. The monoisotopic (exact) mass is 573 g/mol. The summed E-state index contributed by atoms with van der Waals surface area (Å²) >= 11 is 0. The molecule has 6 rings (SSSR count). The number of hydrogen-bond donors (Lipinski definition) is 0. The smallest absolute Gasteiger partial charge is 0.202 e. The van der Waals surface area contributed by atoms with Crippen LogP contribution in [0.4, 0.5) is 5.69 Å². The number of likely N-dealkylation sites (N-methyl/N-ethyl adjacent to an activating group) is 4. The van der Waals surface area contributed by atoms with Gasteiger partial charge in [0.1, 0.15) is 5.82 Å². The van der Waals surface area contributed by atoms with E-state index in [1.807, 2.05) is 0 Å². The Morgan fingerprint density at radius 2 is 0.905 bits per heavy atom. The van der Waals surface area contributed by atoms with Crippen LogP contribution in [0.3, 0.4) is 0 Å². The van der Waals surface area contributed by atoms with Crippen LogP contribution >= 0.6 is 0 Å². The van der Waals surface area contributed by atoms with E-state index in [9.17, 15) is 0 Å². The summed E-state index contributed by atoms with van der Waals surface area (Å²) in [6.45, 7) is 17.2. The van der Waals surface area contributed by atoms with E-state index in [-0.39, 0.29) is 0 Å². The minimum absolute atomic E-state index is 1.03. The average Bonchev–Trinajstić information content (AvgIpc) is 3.01. The lowest BCUT2D eigenvalue weighted by Crippen LogP contribution is -2.56. The van der Waals surface area contributed by atoms with E-state index in [1.165, 1.54) is 22.2 Å². The molecule has 2 aromatic rings. The molecule has 0 N–H and O–H groups in total. The minimum atomic E-state index is 1.03. The first kappa shape index (κ1) is 29.2. The van der Waals surface area contributed by atoms with Gasteiger partial charge in [0, 0.05) is 110 Å². The van der Waals surface area contributed by atoms with Crippen molar-refractivity contribution in [3.63, 3.8) is 0 Å². The summed E-state index contributed by atoms with van der Waals surface area (Å²) in [5.41, 5.74) is 2.37. The van der Waals surface area contributed by atoms with Crippen LogP contribution in [0.5, 0.6) is 0 Å². The van der Waals surface area contributed by atoms with Crippen LogP contribution in [-0.2, 0) is 0 Å². The zero-order chi connectivity index (χ0) is 29.1. The number of benzene rings is 2. The molecular weight excluding hydrogens is 522 g/mol. The SMILES string of the molecule is CN1CCN(C(=Cc2ccc(N=C(N3CCN(C)CC3)N3CCN(C)CC3)c3ccccc23)N2CCN(C)CC2)CC1. The third kappa shape index (κ3) is 6.70. The Bertz CT molecular complexity index is 1100. The van der Waals surface area contributed by atoms with Gasteiger partial charge in [0.15, 0.2) is 0 Å². The Hall–Kier alpha value is -2.85. The van der Waals surface area contributed by atoms with Gasteiger partial charge in [-0.25, -0.2) is 4.99 Å². The van der Waals surface area contributed by atoms with Gasteiger partial charge in [-0.15, -0.1) is 0 Å². The molecule has 228 valence electrons. The van der Waals surface area contributed by atoms with Gasteiger partial charge in [-0.1, -0.05) is 30.3 Å². The van der Waals surface area contributed by atoms with Crippen LogP contribution in [0.1, 0.15) is 5.56 Å². The molecule has 9 heteroatoms. The van der Waals surface area contributed by atoms with Crippen molar-refractivity contribution in [3.05, 3.63) is 47.8 Å². The van der Waals surface area contributed by atoms with E-state index >= 15 is 0 Å². The maximum absolute atomic E-state index is 5.48. The molecule has 4 fully saturated rings. The van der Waals surface area contributed by atoms with Crippen LogP contribution in [-0.4, -0.2) is 178 Å². The van der Waals surface area contributed by atoms with Crippen molar-refractivity contribution in [3.8, 4) is 0 Å². The van der Waals surface area contributed by atoms with Gasteiger partial charge in [0.05, 0.1) is 5.69 Å². The van der Waals surface area contributed by atoms with Crippen LogP contribution in [0.2, 0.25) is 0 Å². The van der Waals surface area contributed by atoms with Crippen LogP contribution in [0.25, 0.3) is 16.8 Å². The second kappa shape index (κ2) is 13.2. The van der Waals surface area contributed by atoms with Gasteiger partial charge in [-0.3, -0.25) is 0 Å². The molecule has 0 saturated carbocycles. The molecule has 4 aliphatic rings. The van der Waals surface area contributed by atoms with Crippen LogP contribution in [0.15, 0.2) is 47.2 Å². The molecule has 42 heavy (non-hydrogen) atoms. The molecule has 4 saturated heterocycles. The average molecular weight is 574 g/mol. The second-order valence-electron chi connectivity index (χ2n) is 12.8. The topological polar surface area (TPSA) is 38.3 Å². The second-order valence-corrected chi connectivity index (χ2v) is 12.8. The number of aliphatic imine (C=N–C) groups is 1. The highest BCUT2D eigenvalue weighted by molar-refractivity contribution is 6.00. The summed E-state index contributed by atoms with van der Waals surface area (Å²) in [6.07, 6.45) is 2.47. The van der Waals surface area contributed by atoms with E-state index in [0.717, 1.165) is 116 Å². The van der Waals surface area contributed by atoms with E-state index < -0.39 is 0 Å². The number of fused-ring (bicyclic) bond motifs is 1. The molecule has 0 spiro atoms. The summed E-state index contributed by atoms with van der Waals surface area (Å²) in [4.78, 5) is 25.5. The first-order chi connectivity index (χ1) is 20.4. The summed E-state index contributed by atoms with van der Waals surface area (Å²) in [5, 5.41) is 2.53. The number of piperazine rings is 4. The molecule has 0 aliphatic carbocycles. The maximum Gasteiger partial charge on any atom is 0.202 e. The molecule has 0 atom stereocenters. The van der Waals surface area contributed by atoms with Crippen molar-refractivity contribution in [2.45, 2.75) is 0 Å². The first-order valence-electron chi connectivity index (χ1n) is 16.0. The third-order valence-corrected chi connectivity index (χ3v) is 9.67. The fourth-order valence-electron chi connectivity index (χ4n) is 6.58. The van der Waals surface area contributed by atoms with Gasteiger partial charge in [0.25, 0.3) is 0 Å². The molecule has 0 radical (unpaired) electrons. The highest BCUT2D eigenvalue weighted by atomic mass is 15.4. The Balaban J connectivity index is 1.37. The van der Waals surface area contributed by atoms with Gasteiger partial charge in [-0.2, -0.15) is 0 Å². The molecule has 0 amide bonds. The standard InChI is InChI=1S/C33H51N9/c1-35-11-19-39(20-12-35)32(40-21-13-36(2)14-22-40)27-28-9-10-31(30-8-6-5-7-29(28)30)34-33(41-23-15-37(3)16-24-41)42-25-17-38(4)18-26-42/h5-10,27H,11-26H2,1-4H3. The van der Waals surface area contributed by atoms with E-state index in [4.69, 9.17) is 4.99 Å². The lowest BCUT2D eigenvalue weighted by molar-refractivity contribution is 0.110. The Kier molecular flexibility index (Phi) is 9.19. The van der Waals surface area contributed by atoms with Gasteiger partial charge in [-0.05, 0) is 51.3 Å². The lowest BCUT2D eigenvalue weighted by atomic mass is 10.0. The quantitative estimate of drug-likeness (QED) is 0.407. The Morgan fingerprint density at radius 1 is 0.500 bits per heavy atom. The maximum atomic E-state index is 5.48. The zero-order valence-corrected chi connectivity index (χ0v) is 26.4. The van der Waals surface area contributed by atoms with Gasteiger partial charge < -0.3 is 39.2 Å².